The first-order valence-electron chi connectivity index (χ1n) is 13.7. The highest BCUT2D eigenvalue weighted by atomic mass is 19.1. The Kier molecular flexibility index (Phi) is 5.38. The maximum absolute atomic E-state index is 13.9. The SMILES string of the molecule is O=C1c2ccccc2-c2onc3c(N4CCN(c5ccc(F)cc5)CC4)cc(Nc4ccc5c(c4)OCCO5)c1c23. The molecule has 4 aromatic carbocycles. The minimum absolute atomic E-state index is 0.0750. The number of carbonyl (C=O) groups excluding carboxylic acids is 1. The summed E-state index contributed by atoms with van der Waals surface area (Å²) in [6, 6.07) is 21.8. The van der Waals surface area contributed by atoms with Crippen LogP contribution in [0.3, 0.4) is 0 Å². The first kappa shape index (κ1) is 23.8. The van der Waals surface area contributed by atoms with Crippen molar-refractivity contribution >= 4 is 39.4 Å². The maximum atomic E-state index is 13.9. The van der Waals surface area contributed by atoms with E-state index < -0.39 is 0 Å². The minimum Gasteiger partial charge on any atom is -0.486 e. The van der Waals surface area contributed by atoms with Gasteiger partial charge in [0.2, 0.25) is 0 Å². The van der Waals surface area contributed by atoms with Crippen LogP contribution in [0.1, 0.15) is 15.9 Å². The summed E-state index contributed by atoms with van der Waals surface area (Å²) >= 11 is 0. The highest BCUT2D eigenvalue weighted by molar-refractivity contribution is 6.28. The van der Waals surface area contributed by atoms with E-state index >= 15 is 0 Å². The number of hydrogen-bond donors (Lipinski definition) is 1. The van der Waals surface area contributed by atoms with Gasteiger partial charge in [-0.3, -0.25) is 4.79 Å². The molecule has 0 radical (unpaired) electrons. The van der Waals surface area contributed by atoms with Gasteiger partial charge in [-0.25, -0.2) is 4.39 Å². The standard InChI is InChI=1S/C32H25FN4O4/c33-19-5-8-21(9-6-19)36-11-13-37(14-12-36)25-18-24(34-20-7-10-26-27(17-20)40-16-15-39-26)28-29-30(25)35-41-32(29)23-4-2-1-3-22(23)31(28)38/h1-10,17-18,34H,11-16H2. The highest BCUT2D eigenvalue weighted by Crippen LogP contribution is 2.47. The molecule has 3 aliphatic rings. The Morgan fingerprint density at radius 2 is 1.54 bits per heavy atom. The Balaban J connectivity index is 1.22. The number of ketones is 1. The molecule has 1 N–H and O–H groups in total. The number of hydrogen-bond acceptors (Lipinski definition) is 8. The van der Waals surface area contributed by atoms with Gasteiger partial charge in [0, 0.05) is 54.7 Å². The monoisotopic (exact) mass is 548 g/mol. The predicted octanol–water partition coefficient (Wildman–Crippen LogP) is 6.02. The predicted molar refractivity (Wildman–Crippen MR) is 154 cm³/mol. The van der Waals surface area contributed by atoms with Crippen molar-refractivity contribution in [2.45, 2.75) is 0 Å². The second-order valence-electron chi connectivity index (χ2n) is 10.4. The van der Waals surface area contributed by atoms with Crippen LogP contribution in [-0.2, 0) is 0 Å². The molecular formula is C32H25FN4O4. The zero-order chi connectivity index (χ0) is 27.5. The van der Waals surface area contributed by atoms with Crippen LogP contribution < -0.4 is 24.6 Å². The van der Waals surface area contributed by atoms with Gasteiger partial charge in [-0.1, -0.05) is 29.4 Å². The van der Waals surface area contributed by atoms with E-state index in [1.54, 1.807) is 0 Å². The van der Waals surface area contributed by atoms with Crippen LogP contribution in [0.5, 0.6) is 11.5 Å². The lowest BCUT2D eigenvalue weighted by Gasteiger charge is -2.37. The Labute approximate surface area is 234 Å². The molecule has 5 aromatic rings. The molecule has 0 atom stereocenters. The van der Waals surface area contributed by atoms with Gasteiger partial charge in [-0.15, -0.1) is 0 Å². The molecule has 41 heavy (non-hydrogen) atoms. The van der Waals surface area contributed by atoms with Gasteiger partial charge >= 0.3 is 0 Å². The fraction of sp³-hybridized carbons (Fsp3) is 0.188. The van der Waals surface area contributed by atoms with E-state index in [2.05, 4.69) is 20.3 Å². The molecule has 1 fully saturated rings. The molecule has 0 amide bonds. The number of piperazine rings is 1. The van der Waals surface area contributed by atoms with Crippen molar-refractivity contribution in [1.82, 2.24) is 5.16 Å². The van der Waals surface area contributed by atoms with Crippen molar-refractivity contribution in [2.75, 3.05) is 54.5 Å². The minimum atomic E-state index is -0.243. The number of nitrogens with one attached hydrogen (secondary N) is 1. The molecule has 1 aliphatic carbocycles. The molecule has 0 spiro atoms. The summed E-state index contributed by atoms with van der Waals surface area (Å²) in [6.07, 6.45) is 0. The highest BCUT2D eigenvalue weighted by Gasteiger charge is 2.34. The van der Waals surface area contributed by atoms with Crippen LogP contribution in [-0.4, -0.2) is 50.3 Å². The van der Waals surface area contributed by atoms with Gasteiger partial charge in [0.25, 0.3) is 0 Å². The number of benzene rings is 4. The molecule has 2 aliphatic heterocycles. The zero-order valence-electron chi connectivity index (χ0n) is 22.0. The lowest BCUT2D eigenvalue weighted by molar-refractivity contribution is 0.104. The van der Waals surface area contributed by atoms with E-state index in [1.165, 1.54) is 12.1 Å². The van der Waals surface area contributed by atoms with Gasteiger partial charge in [-0.05, 0) is 42.5 Å². The van der Waals surface area contributed by atoms with E-state index in [9.17, 15) is 9.18 Å². The van der Waals surface area contributed by atoms with Crippen molar-refractivity contribution in [3.8, 4) is 22.8 Å². The van der Waals surface area contributed by atoms with Crippen LogP contribution in [0.4, 0.5) is 27.1 Å². The molecule has 3 heterocycles. The van der Waals surface area contributed by atoms with Gasteiger partial charge in [0.15, 0.2) is 23.0 Å². The van der Waals surface area contributed by atoms with E-state index in [0.29, 0.717) is 58.2 Å². The summed E-state index contributed by atoms with van der Waals surface area (Å²) in [6.45, 7) is 3.96. The van der Waals surface area contributed by atoms with Gasteiger partial charge in [-0.2, -0.15) is 0 Å². The van der Waals surface area contributed by atoms with Crippen LogP contribution in [0.2, 0.25) is 0 Å². The maximum Gasteiger partial charge on any atom is 0.196 e. The summed E-state index contributed by atoms with van der Waals surface area (Å²) in [5, 5.41) is 8.72. The lowest BCUT2D eigenvalue weighted by Crippen LogP contribution is -2.46. The molecule has 8 rings (SSSR count). The smallest absolute Gasteiger partial charge is 0.196 e. The van der Waals surface area contributed by atoms with Gasteiger partial charge in [0.1, 0.15) is 24.5 Å². The van der Waals surface area contributed by atoms with E-state index in [1.807, 2.05) is 60.7 Å². The van der Waals surface area contributed by atoms with Crippen LogP contribution in [0.15, 0.2) is 77.3 Å². The largest absolute Gasteiger partial charge is 0.486 e. The molecule has 8 nitrogen and oxygen atoms in total. The molecule has 1 saturated heterocycles. The number of carbonyl (C=O) groups is 1. The first-order valence-corrected chi connectivity index (χ1v) is 13.7. The zero-order valence-corrected chi connectivity index (χ0v) is 22.0. The third-order valence-electron chi connectivity index (χ3n) is 8.01. The summed E-state index contributed by atoms with van der Waals surface area (Å²) in [4.78, 5) is 18.5. The van der Waals surface area contributed by atoms with E-state index in [4.69, 9.17) is 14.0 Å². The molecule has 0 saturated carbocycles. The fourth-order valence-electron chi connectivity index (χ4n) is 6.02. The normalized spacial score (nSPS) is 15.7. The quantitative estimate of drug-likeness (QED) is 0.287. The van der Waals surface area contributed by atoms with Crippen molar-refractivity contribution in [1.29, 1.82) is 0 Å². The van der Waals surface area contributed by atoms with Crippen molar-refractivity contribution in [2.24, 2.45) is 0 Å². The molecule has 0 bridgehead atoms. The average Bonchev–Trinajstić information content (AvgIpc) is 3.46. The number of anilines is 4. The number of halogens is 1. The van der Waals surface area contributed by atoms with Crippen LogP contribution >= 0.6 is 0 Å². The number of nitrogens with zero attached hydrogens (tertiary/aromatic N) is 3. The fourth-order valence-corrected chi connectivity index (χ4v) is 6.02. The first-order chi connectivity index (χ1) is 20.1. The Bertz CT molecular complexity index is 1830. The molecule has 204 valence electrons. The van der Waals surface area contributed by atoms with Gasteiger partial charge < -0.3 is 29.1 Å². The summed E-state index contributed by atoms with van der Waals surface area (Å²) in [5.74, 6) is 1.64. The molecule has 1 aromatic heterocycles. The van der Waals surface area contributed by atoms with Crippen molar-refractivity contribution in [3.63, 3.8) is 0 Å². The summed E-state index contributed by atoms with van der Waals surface area (Å²) < 4.78 is 30.9. The third kappa shape index (κ3) is 3.88. The van der Waals surface area contributed by atoms with Gasteiger partial charge in [0.05, 0.1) is 22.3 Å². The van der Waals surface area contributed by atoms with E-state index in [-0.39, 0.29) is 11.6 Å². The number of aromatic nitrogens is 1. The van der Waals surface area contributed by atoms with E-state index in [0.717, 1.165) is 48.8 Å². The van der Waals surface area contributed by atoms with Crippen LogP contribution in [0, 0.1) is 5.82 Å². The van der Waals surface area contributed by atoms with Crippen LogP contribution in [0.25, 0.3) is 22.2 Å². The molecular weight excluding hydrogens is 523 g/mol. The Morgan fingerprint density at radius 3 is 2.34 bits per heavy atom. The second-order valence-corrected chi connectivity index (χ2v) is 10.4. The number of fused-ring (bicyclic) bond motifs is 3. The topological polar surface area (TPSA) is 80.1 Å². The molecule has 0 unspecified atom stereocenters. The molecule has 9 heteroatoms. The average molecular weight is 549 g/mol. The number of rotatable bonds is 4. The Morgan fingerprint density at radius 1 is 0.805 bits per heavy atom. The second kappa shape index (κ2) is 9.26. The Hall–Kier alpha value is -5.05. The summed E-state index contributed by atoms with van der Waals surface area (Å²) in [7, 11) is 0. The number of ether oxygens (including phenoxy) is 2. The van der Waals surface area contributed by atoms with Crippen molar-refractivity contribution in [3.05, 3.63) is 89.7 Å². The van der Waals surface area contributed by atoms with Crippen molar-refractivity contribution < 1.29 is 23.2 Å². The summed E-state index contributed by atoms with van der Waals surface area (Å²) in [5.41, 5.74) is 5.88. The third-order valence-corrected chi connectivity index (χ3v) is 8.01. The lowest BCUT2D eigenvalue weighted by atomic mass is 9.86.